The first-order valence-electron chi connectivity index (χ1n) is 3.68. The van der Waals surface area contributed by atoms with E-state index in [1.165, 1.54) is 0 Å². The van der Waals surface area contributed by atoms with Crippen LogP contribution in [0.3, 0.4) is 0 Å². The first-order valence-corrected chi connectivity index (χ1v) is 5.16. The molecule has 0 aromatic carbocycles. The Hall–Kier alpha value is -1.08. The molecule has 0 spiro atoms. The van der Waals surface area contributed by atoms with Gasteiger partial charge in [0, 0.05) is 12.7 Å². The number of rotatable bonds is 2. The number of ether oxygens (including phenoxy) is 1. The van der Waals surface area contributed by atoms with E-state index in [9.17, 15) is 13.2 Å². The SMILES string of the molecule is CCOC(=O)C1=CNS(=O)(=O)NC1. The molecule has 2 N–H and O–H groups in total. The Labute approximate surface area is 76.1 Å². The second-order valence-corrected chi connectivity index (χ2v) is 3.86. The molecule has 0 amide bonds. The molecule has 1 rings (SSSR count). The second-order valence-electron chi connectivity index (χ2n) is 2.33. The molecule has 1 aliphatic rings. The molecule has 0 atom stereocenters. The van der Waals surface area contributed by atoms with Gasteiger partial charge in [-0.1, -0.05) is 0 Å². The first kappa shape index (κ1) is 10.0. The summed E-state index contributed by atoms with van der Waals surface area (Å²) in [5.41, 5.74) is 0.261. The van der Waals surface area contributed by atoms with Gasteiger partial charge in [0.15, 0.2) is 0 Å². The maximum absolute atomic E-state index is 11.0. The molecule has 0 saturated heterocycles. The molecule has 0 radical (unpaired) electrons. The summed E-state index contributed by atoms with van der Waals surface area (Å²) in [6, 6.07) is 0. The predicted molar refractivity (Wildman–Crippen MR) is 44.8 cm³/mol. The average molecular weight is 206 g/mol. The summed E-state index contributed by atoms with van der Waals surface area (Å²) in [6.07, 6.45) is 1.13. The third-order valence-electron chi connectivity index (χ3n) is 1.38. The van der Waals surface area contributed by atoms with Gasteiger partial charge in [0.2, 0.25) is 0 Å². The Morgan fingerprint density at radius 2 is 2.38 bits per heavy atom. The van der Waals surface area contributed by atoms with Gasteiger partial charge in [-0.25, -0.2) is 4.79 Å². The van der Waals surface area contributed by atoms with E-state index < -0.39 is 16.2 Å². The fourth-order valence-electron chi connectivity index (χ4n) is 0.769. The summed E-state index contributed by atoms with van der Waals surface area (Å²) in [4.78, 5) is 11.0. The summed E-state index contributed by atoms with van der Waals surface area (Å²) >= 11 is 0. The van der Waals surface area contributed by atoms with E-state index in [4.69, 9.17) is 0 Å². The molecule has 1 heterocycles. The van der Waals surface area contributed by atoms with E-state index in [2.05, 4.69) is 9.46 Å². The van der Waals surface area contributed by atoms with Crippen LogP contribution in [0.2, 0.25) is 0 Å². The molecule has 0 fully saturated rings. The molecule has 13 heavy (non-hydrogen) atoms. The number of esters is 1. The standard InChI is InChI=1S/C6H10N2O4S/c1-2-12-6(9)5-3-7-13(10,11)8-4-5/h3,7-8H,2,4H2,1H3. The molecule has 7 heteroatoms. The highest BCUT2D eigenvalue weighted by Gasteiger charge is 2.19. The van der Waals surface area contributed by atoms with Crippen molar-refractivity contribution >= 4 is 16.2 Å². The van der Waals surface area contributed by atoms with Gasteiger partial charge in [0.05, 0.1) is 12.2 Å². The van der Waals surface area contributed by atoms with Crippen molar-refractivity contribution in [2.45, 2.75) is 6.92 Å². The van der Waals surface area contributed by atoms with Gasteiger partial charge in [0.25, 0.3) is 10.2 Å². The highest BCUT2D eigenvalue weighted by Crippen LogP contribution is 2.00. The highest BCUT2D eigenvalue weighted by atomic mass is 32.2. The molecule has 0 aliphatic carbocycles. The van der Waals surface area contributed by atoms with Gasteiger partial charge in [-0.3, -0.25) is 4.72 Å². The number of hydrogen-bond donors (Lipinski definition) is 2. The minimum atomic E-state index is -3.45. The third kappa shape index (κ3) is 2.71. The van der Waals surface area contributed by atoms with Crippen molar-refractivity contribution in [3.8, 4) is 0 Å². The monoisotopic (exact) mass is 206 g/mol. The van der Waals surface area contributed by atoms with Gasteiger partial charge < -0.3 is 4.74 Å². The van der Waals surface area contributed by atoms with Gasteiger partial charge in [-0.2, -0.15) is 13.1 Å². The number of nitrogens with one attached hydrogen (secondary N) is 2. The zero-order chi connectivity index (χ0) is 9.90. The van der Waals surface area contributed by atoms with E-state index in [0.717, 1.165) is 6.20 Å². The van der Waals surface area contributed by atoms with Crippen molar-refractivity contribution in [2.24, 2.45) is 0 Å². The molecular formula is C6H10N2O4S. The molecule has 0 saturated carbocycles. The maximum Gasteiger partial charge on any atom is 0.336 e. The molecule has 0 aromatic rings. The predicted octanol–water partition coefficient (Wildman–Crippen LogP) is -1.13. The van der Waals surface area contributed by atoms with Crippen molar-refractivity contribution in [3.63, 3.8) is 0 Å². The normalized spacial score (nSPS) is 19.9. The summed E-state index contributed by atoms with van der Waals surface area (Å²) in [5.74, 6) is -0.516. The van der Waals surface area contributed by atoms with E-state index in [0.29, 0.717) is 0 Å². The van der Waals surface area contributed by atoms with Crippen LogP contribution < -0.4 is 9.44 Å². The topological polar surface area (TPSA) is 84.5 Å². The number of carbonyl (C=O) groups excluding carboxylic acids is 1. The van der Waals surface area contributed by atoms with Crippen LogP contribution in [0.5, 0.6) is 0 Å². The van der Waals surface area contributed by atoms with Gasteiger partial charge in [-0.05, 0) is 6.92 Å². The van der Waals surface area contributed by atoms with Crippen molar-refractivity contribution in [1.82, 2.24) is 9.44 Å². The fraction of sp³-hybridized carbons (Fsp3) is 0.500. The van der Waals surface area contributed by atoms with Crippen LogP contribution in [-0.2, 0) is 19.7 Å². The minimum Gasteiger partial charge on any atom is -0.463 e. The van der Waals surface area contributed by atoms with Crippen LogP contribution in [-0.4, -0.2) is 27.5 Å². The van der Waals surface area contributed by atoms with Crippen LogP contribution >= 0.6 is 0 Å². The summed E-state index contributed by atoms with van der Waals surface area (Å²) < 4.78 is 30.4. The van der Waals surface area contributed by atoms with Crippen molar-refractivity contribution in [2.75, 3.05) is 13.2 Å². The van der Waals surface area contributed by atoms with E-state index >= 15 is 0 Å². The Morgan fingerprint density at radius 1 is 1.69 bits per heavy atom. The fourth-order valence-corrected chi connectivity index (χ4v) is 1.50. The lowest BCUT2D eigenvalue weighted by Gasteiger charge is -2.14. The zero-order valence-corrected chi connectivity index (χ0v) is 7.85. The lowest BCUT2D eigenvalue weighted by molar-refractivity contribution is -0.138. The quantitative estimate of drug-likeness (QED) is 0.560. The summed E-state index contributed by atoms with van der Waals surface area (Å²) in [7, 11) is -3.45. The van der Waals surface area contributed by atoms with Crippen LogP contribution in [0.4, 0.5) is 0 Å². The Kier molecular flexibility index (Phi) is 2.89. The molecule has 0 aromatic heterocycles. The minimum absolute atomic E-state index is 0.0336. The van der Waals surface area contributed by atoms with Crippen molar-refractivity contribution < 1.29 is 17.9 Å². The molecule has 1 aliphatic heterocycles. The zero-order valence-electron chi connectivity index (χ0n) is 7.03. The van der Waals surface area contributed by atoms with Gasteiger partial charge >= 0.3 is 5.97 Å². The summed E-state index contributed by atoms with van der Waals surface area (Å²) in [5, 5.41) is 0. The highest BCUT2D eigenvalue weighted by molar-refractivity contribution is 7.87. The molecule has 6 nitrogen and oxygen atoms in total. The Balaban J connectivity index is 2.65. The van der Waals surface area contributed by atoms with E-state index in [1.807, 2.05) is 4.72 Å². The molecular weight excluding hydrogens is 196 g/mol. The van der Waals surface area contributed by atoms with Gasteiger partial charge in [-0.15, -0.1) is 0 Å². The lowest BCUT2D eigenvalue weighted by Crippen LogP contribution is -2.41. The van der Waals surface area contributed by atoms with Gasteiger partial charge in [0.1, 0.15) is 0 Å². The lowest BCUT2D eigenvalue weighted by atomic mass is 10.3. The van der Waals surface area contributed by atoms with E-state index in [-0.39, 0.29) is 18.7 Å². The van der Waals surface area contributed by atoms with Crippen molar-refractivity contribution in [3.05, 3.63) is 11.8 Å². The van der Waals surface area contributed by atoms with Crippen LogP contribution in [0.15, 0.2) is 11.8 Å². The molecule has 0 unspecified atom stereocenters. The Bertz CT molecular complexity index is 333. The second kappa shape index (κ2) is 3.75. The Morgan fingerprint density at radius 3 is 2.85 bits per heavy atom. The van der Waals surface area contributed by atoms with Crippen molar-refractivity contribution in [1.29, 1.82) is 0 Å². The average Bonchev–Trinajstić information content (AvgIpc) is 2.04. The first-order chi connectivity index (χ1) is 6.05. The number of hydrogen-bond acceptors (Lipinski definition) is 4. The molecule has 0 bridgehead atoms. The largest absolute Gasteiger partial charge is 0.463 e. The number of carbonyl (C=O) groups is 1. The van der Waals surface area contributed by atoms with E-state index in [1.54, 1.807) is 6.92 Å². The van der Waals surface area contributed by atoms with Crippen LogP contribution in [0, 0.1) is 0 Å². The third-order valence-corrected chi connectivity index (χ3v) is 2.33. The smallest absolute Gasteiger partial charge is 0.336 e. The molecule has 74 valence electrons. The van der Waals surface area contributed by atoms with Crippen LogP contribution in [0.25, 0.3) is 0 Å². The maximum atomic E-state index is 11.0. The summed E-state index contributed by atoms with van der Waals surface area (Å²) in [6.45, 7) is 1.91. The van der Waals surface area contributed by atoms with Crippen LogP contribution in [0.1, 0.15) is 6.92 Å².